The largest absolute Gasteiger partial charge is 0.480 e. The molecule has 5 nitrogen and oxygen atoms in total. The van der Waals surface area contributed by atoms with Gasteiger partial charge in [0.15, 0.2) is 4.73 Å². The second kappa shape index (κ2) is 3.36. The van der Waals surface area contributed by atoms with Crippen LogP contribution in [-0.4, -0.2) is 27.2 Å². The number of carboxylic acids is 1. The van der Waals surface area contributed by atoms with Crippen LogP contribution in [-0.2, 0) is 18.3 Å². The molecular weight excluding hydrogens is 250 g/mol. The number of carbonyl (C=O) groups is 1. The van der Waals surface area contributed by atoms with E-state index in [2.05, 4.69) is 26.2 Å². The third-order valence-electron chi connectivity index (χ3n) is 2.39. The fraction of sp³-hybridized carbons (Fsp3) is 0.500. The summed E-state index contributed by atoms with van der Waals surface area (Å²) < 4.78 is 2.44. The molecule has 14 heavy (non-hydrogen) atoms. The zero-order valence-corrected chi connectivity index (χ0v) is 9.21. The Labute approximate surface area is 89.3 Å². The summed E-state index contributed by atoms with van der Waals surface area (Å²) in [4.78, 5) is 15.2. The average molecular weight is 260 g/mol. The van der Waals surface area contributed by atoms with E-state index < -0.39 is 12.0 Å². The van der Waals surface area contributed by atoms with Gasteiger partial charge >= 0.3 is 5.97 Å². The molecule has 76 valence electrons. The predicted octanol–water partition coefficient (Wildman–Crippen LogP) is 0.454. The summed E-state index contributed by atoms with van der Waals surface area (Å²) >= 11 is 3.28. The number of aliphatic carboxylic acids is 1. The Morgan fingerprint density at radius 3 is 3.14 bits per heavy atom. The van der Waals surface area contributed by atoms with E-state index in [-0.39, 0.29) is 0 Å². The number of carboxylic acid groups (broad SMARTS) is 1. The van der Waals surface area contributed by atoms with Crippen LogP contribution in [0.3, 0.4) is 0 Å². The lowest BCUT2D eigenvalue weighted by Gasteiger charge is -2.20. The van der Waals surface area contributed by atoms with Gasteiger partial charge in [0, 0.05) is 20.0 Å². The molecule has 0 fully saturated rings. The molecule has 2 rings (SSSR count). The van der Waals surface area contributed by atoms with Crippen LogP contribution in [0.4, 0.5) is 0 Å². The van der Waals surface area contributed by atoms with Crippen LogP contribution in [0, 0.1) is 0 Å². The van der Waals surface area contributed by atoms with Crippen LogP contribution in [0.5, 0.6) is 0 Å². The van der Waals surface area contributed by atoms with Gasteiger partial charge in [-0.2, -0.15) is 0 Å². The number of fused-ring (bicyclic) bond motifs is 1. The van der Waals surface area contributed by atoms with Crippen molar-refractivity contribution < 1.29 is 9.90 Å². The maximum Gasteiger partial charge on any atom is 0.326 e. The van der Waals surface area contributed by atoms with Crippen LogP contribution in [0.25, 0.3) is 0 Å². The minimum absolute atomic E-state index is 0.637. The van der Waals surface area contributed by atoms with Gasteiger partial charge in [-0.15, -0.1) is 0 Å². The van der Waals surface area contributed by atoms with Gasteiger partial charge in [0.1, 0.15) is 6.04 Å². The molecule has 2 heterocycles. The lowest BCUT2D eigenvalue weighted by atomic mass is 10.1. The van der Waals surface area contributed by atoms with E-state index in [1.54, 1.807) is 11.6 Å². The third kappa shape index (κ3) is 1.34. The van der Waals surface area contributed by atoms with E-state index in [1.165, 1.54) is 0 Å². The second-order valence-corrected chi connectivity index (χ2v) is 3.96. The number of hydrogen-bond donors (Lipinski definition) is 2. The van der Waals surface area contributed by atoms with E-state index in [1.807, 2.05) is 0 Å². The lowest BCUT2D eigenvalue weighted by Crippen LogP contribution is -2.36. The summed E-state index contributed by atoms with van der Waals surface area (Å²) in [5, 5.41) is 11.9. The van der Waals surface area contributed by atoms with E-state index >= 15 is 0 Å². The number of rotatable bonds is 1. The van der Waals surface area contributed by atoms with E-state index in [9.17, 15) is 4.79 Å². The monoisotopic (exact) mass is 259 g/mol. The Balaban J connectivity index is 2.52. The summed E-state index contributed by atoms with van der Waals surface area (Å²) in [6.07, 6.45) is 0.776. The Morgan fingerprint density at radius 2 is 2.50 bits per heavy atom. The van der Waals surface area contributed by atoms with E-state index in [4.69, 9.17) is 5.11 Å². The maximum atomic E-state index is 11.0. The van der Waals surface area contributed by atoms with Gasteiger partial charge in [-0.1, -0.05) is 0 Å². The highest BCUT2D eigenvalue weighted by atomic mass is 79.9. The van der Waals surface area contributed by atoms with Crippen molar-refractivity contribution in [2.75, 3.05) is 6.54 Å². The van der Waals surface area contributed by atoms with Crippen molar-refractivity contribution in [3.05, 3.63) is 16.1 Å². The van der Waals surface area contributed by atoms with Crippen LogP contribution in [0.2, 0.25) is 0 Å². The van der Waals surface area contributed by atoms with Crippen LogP contribution in [0.15, 0.2) is 4.73 Å². The fourth-order valence-corrected chi connectivity index (χ4v) is 2.12. The minimum atomic E-state index is -0.860. The molecule has 0 saturated heterocycles. The smallest absolute Gasteiger partial charge is 0.326 e. The summed E-state index contributed by atoms with van der Waals surface area (Å²) in [5.74, 6) is -0.860. The van der Waals surface area contributed by atoms with Gasteiger partial charge in [0.2, 0.25) is 0 Å². The summed E-state index contributed by atoms with van der Waals surface area (Å²) in [6, 6.07) is -0.637. The molecule has 2 N–H and O–H groups in total. The molecule has 0 aromatic carbocycles. The molecule has 0 radical (unpaired) electrons. The predicted molar refractivity (Wildman–Crippen MR) is 53.0 cm³/mol. The van der Waals surface area contributed by atoms with Crippen molar-refractivity contribution in [2.24, 2.45) is 7.05 Å². The molecular formula is C8H10BrN3O2. The first-order valence-corrected chi connectivity index (χ1v) is 5.07. The fourth-order valence-electron chi connectivity index (χ4n) is 1.72. The van der Waals surface area contributed by atoms with Crippen LogP contribution < -0.4 is 5.32 Å². The van der Waals surface area contributed by atoms with E-state index in [0.29, 0.717) is 11.3 Å². The van der Waals surface area contributed by atoms with Crippen molar-refractivity contribution in [3.63, 3.8) is 0 Å². The quantitative estimate of drug-likeness (QED) is 0.769. The zero-order valence-electron chi connectivity index (χ0n) is 7.62. The lowest BCUT2D eigenvalue weighted by molar-refractivity contribution is -0.140. The van der Waals surface area contributed by atoms with Gasteiger partial charge in [-0.05, 0) is 15.9 Å². The standard InChI is InChI=1S/C8H10BrN3O2/c1-12-6-4(11-8(12)9)2-3-10-5(6)7(13)14/h5,10H,2-3H2,1H3,(H,13,14). The maximum absolute atomic E-state index is 11.0. The first-order chi connectivity index (χ1) is 6.61. The molecule has 1 unspecified atom stereocenters. The second-order valence-electron chi connectivity index (χ2n) is 3.25. The molecule has 1 aromatic rings. The van der Waals surface area contributed by atoms with Gasteiger partial charge in [0.25, 0.3) is 0 Å². The molecule has 6 heteroatoms. The highest BCUT2D eigenvalue weighted by molar-refractivity contribution is 9.10. The number of halogens is 1. The number of imidazole rings is 1. The van der Waals surface area contributed by atoms with Crippen molar-refractivity contribution in [3.8, 4) is 0 Å². The first-order valence-electron chi connectivity index (χ1n) is 4.28. The Kier molecular flexibility index (Phi) is 2.32. The Hall–Kier alpha value is -0.880. The first kappa shape index (κ1) is 9.67. The highest BCUT2D eigenvalue weighted by Crippen LogP contribution is 2.25. The molecule has 0 aliphatic carbocycles. The van der Waals surface area contributed by atoms with Crippen molar-refractivity contribution in [1.82, 2.24) is 14.9 Å². The average Bonchev–Trinajstić information content (AvgIpc) is 2.43. The van der Waals surface area contributed by atoms with Crippen LogP contribution in [0.1, 0.15) is 17.4 Å². The van der Waals surface area contributed by atoms with Crippen LogP contribution >= 0.6 is 15.9 Å². The number of hydrogen-bond acceptors (Lipinski definition) is 3. The normalized spacial score (nSPS) is 20.6. The Morgan fingerprint density at radius 1 is 1.79 bits per heavy atom. The number of nitrogens with one attached hydrogen (secondary N) is 1. The van der Waals surface area contributed by atoms with Crippen molar-refractivity contribution >= 4 is 21.9 Å². The summed E-state index contributed by atoms with van der Waals surface area (Å²) in [7, 11) is 1.80. The topological polar surface area (TPSA) is 67.2 Å². The molecule has 0 bridgehead atoms. The van der Waals surface area contributed by atoms with Crippen molar-refractivity contribution in [2.45, 2.75) is 12.5 Å². The number of aromatic nitrogens is 2. The van der Waals surface area contributed by atoms with Gasteiger partial charge in [-0.25, -0.2) is 4.98 Å². The summed E-state index contributed by atoms with van der Waals surface area (Å²) in [5.41, 5.74) is 1.61. The number of nitrogens with zero attached hydrogens (tertiary/aromatic N) is 2. The van der Waals surface area contributed by atoms with Gasteiger partial charge in [-0.3, -0.25) is 10.1 Å². The SMILES string of the molecule is Cn1c(Br)nc2c1C(C(=O)O)NCC2. The molecule has 0 saturated carbocycles. The molecule has 0 spiro atoms. The van der Waals surface area contributed by atoms with E-state index in [0.717, 1.165) is 17.8 Å². The molecule has 1 aliphatic heterocycles. The third-order valence-corrected chi connectivity index (χ3v) is 3.10. The highest BCUT2D eigenvalue weighted by Gasteiger charge is 2.30. The minimum Gasteiger partial charge on any atom is -0.480 e. The van der Waals surface area contributed by atoms with Crippen molar-refractivity contribution in [1.29, 1.82) is 0 Å². The molecule has 1 aliphatic rings. The zero-order chi connectivity index (χ0) is 10.3. The molecule has 0 amide bonds. The molecule has 1 aromatic heterocycles. The summed E-state index contributed by atoms with van der Waals surface area (Å²) in [6.45, 7) is 0.660. The van der Waals surface area contributed by atoms with Gasteiger partial charge < -0.3 is 9.67 Å². The Bertz CT molecular complexity index is 388. The van der Waals surface area contributed by atoms with Gasteiger partial charge in [0.05, 0.1) is 11.4 Å². The molecule has 1 atom stereocenters.